The minimum Gasteiger partial charge on any atom is -0.454 e. The average Bonchev–Trinajstić information content (AvgIpc) is 3.37. The lowest BCUT2D eigenvalue weighted by Gasteiger charge is -2.35. The minimum atomic E-state index is -3.94. The van der Waals surface area contributed by atoms with Gasteiger partial charge in [-0.2, -0.15) is 0 Å². The number of sulfonamides is 1. The lowest BCUT2D eigenvalue weighted by molar-refractivity contribution is -0.140. The van der Waals surface area contributed by atoms with E-state index >= 15 is 0 Å². The van der Waals surface area contributed by atoms with E-state index in [0.29, 0.717) is 27.1 Å². The third kappa shape index (κ3) is 8.08. The predicted octanol–water partition coefficient (Wildman–Crippen LogP) is 5.04. The van der Waals surface area contributed by atoms with Crippen LogP contribution in [0.25, 0.3) is 0 Å². The Morgan fingerprint density at radius 1 is 0.976 bits per heavy atom. The van der Waals surface area contributed by atoms with Crippen molar-refractivity contribution in [3.63, 3.8) is 0 Å². The van der Waals surface area contributed by atoms with E-state index in [0.717, 1.165) is 16.1 Å². The first-order valence-corrected chi connectivity index (χ1v) is 15.8. The molecule has 2 amide bonds. The highest BCUT2D eigenvalue weighted by Crippen LogP contribution is 2.36. The van der Waals surface area contributed by atoms with Crippen LogP contribution < -0.4 is 19.1 Å². The van der Waals surface area contributed by atoms with Gasteiger partial charge in [0.05, 0.1) is 11.9 Å². The van der Waals surface area contributed by atoms with Crippen LogP contribution in [0.15, 0.2) is 66.7 Å². The Labute approximate surface area is 256 Å². The van der Waals surface area contributed by atoms with Crippen molar-refractivity contribution < 1.29 is 27.5 Å². The SMILES string of the molecule is CC(C)(C)NC(=O)[C@@H](Cc1ccccc1)N(Cc1ccc(Cl)cc1Cl)C(=O)CN(c1ccc2c(c1)OCO2)S(C)(=O)=O. The number of nitrogens with zero attached hydrogens (tertiary/aromatic N) is 2. The highest BCUT2D eigenvalue weighted by Gasteiger charge is 2.35. The quantitative estimate of drug-likeness (QED) is 0.335. The molecule has 0 saturated carbocycles. The van der Waals surface area contributed by atoms with Gasteiger partial charge in [0.25, 0.3) is 0 Å². The van der Waals surface area contributed by atoms with Crippen LogP contribution in [0.1, 0.15) is 31.9 Å². The van der Waals surface area contributed by atoms with Crippen LogP contribution in [0, 0.1) is 0 Å². The molecule has 9 nitrogen and oxygen atoms in total. The Hall–Kier alpha value is -3.47. The van der Waals surface area contributed by atoms with Gasteiger partial charge < -0.3 is 19.7 Å². The molecular formula is C30H33Cl2N3O6S. The van der Waals surface area contributed by atoms with Crippen molar-refractivity contribution in [2.45, 2.75) is 45.3 Å². The van der Waals surface area contributed by atoms with Crippen LogP contribution in [-0.2, 0) is 32.6 Å². The third-order valence-electron chi connectivity index (χ3n) is 6.45. The van der Waals surface area contributed by atoms with E-state index in [9.17, 15) is 18.0 Å². The molecule has 4 rings (SSSR count). The van der Waals surface area contributed by atoms with Gasteiger partial charge in [-0.1, -0.05) is 59.6 Å². The summed E-state index contributed by atoms with van der Waals surface area (Å²) in [5.74, 6) is -0.155. The number of benzene rings is 3. The van der Waals surface area contributed by atoms with Crippen molar-refractivity contribution in [2.75, 3.05) is 23.9 Å². The highest BCUT2D eigenvalue weighted by atomic mass is 35.5. The monoisotopic (exact) mass is 633 g/mol. The average molecular weight is 635 g/mol. The molecule has 0 bridgehead atoms. The molecular weight excluding hydrogens is 601 g/mol. The second-order valence-corrected chi connectivity index (χ2v) is 13.8. The first-order chi connectivity index (χ1) is 19.7. The number of nitrogens with one attached hydrogen (secondary N) is 1. The van der Waals surface area contributed by atoms with Gasteiger partial charge in [-0.15, -0.1) is 0 Å². The summed E-state index contributed by atoms with van der Waals surface area (Å²) in [6, 6.07) is 17.8. The van der Waals surface area contributed by atoms with E-state index in [1.54, 1.807) is 24.3 Å². The number of anilines is 1. The first-order valence-electron chi connectivity index (χ1n) is 13.2. The summed E-state index contributed by atoms with van der Waals surface area (Å²) >= 11 is 12.6. The van der Waals surface area contributed by atoms with Gasteiger partial charge in [-0.05, 0) is 56.2 Å². The maximum atomic E-state index is 14.2. The van der Waals surface area contributed by atoms with Gasteiger partial charge in [0.15, 0.2) is 11.5 Å². The maximum Gasteiger partial charge on any atom is 0.244 e. The molecule has 1 aliphatic rings. The molecule has 0 aromatic heterocycles. The second kappa shape index (κ2) is 12.8. The molecule has 0 radical (unpaired) electrons. The second-order valence-electron chi connectivity index (χ2n) is 11.0. The molecule has 0 fully saturated rings. The largest absolute Gasteiger partial charge is 0.454 e. The Bertz CT molecular complexity index is 1560. The fourth-order valence-electron chi connectivity index (χ4n) is 4.49. The Kier molecular flexibility index (Phi) is 9.60. The molecule has 42 heavy (non-hydrogen) atoms. The smallest absolute Gasteiger partial charge is 0.244 e. The minimum absolute atomic E-state index is 0.0102. The number of rotatable bonds is 10. The fourth-order valence-corrected chi connectivity index (χ4v) is 5.80. The molecule has 0 saturated heterocycles. The summed E-state index contributed by atoms with van der Waals surface area (Å²) in [7, 11) is -3.94. The van der Waals surface area contributed by atoms with Crippen molar-refractivity contribution >= 4 is 50.7 Å². The zero-order chi connectivity index (χ0) is 30.7. The Morgan fingerprint density at radius 3 is 2.31 bits per heavy atom. The Balaban J connectivity index is 1.76. The van der Waals surface area contributed by atoms with Gasteiger partial charge in [0, 0.05) is 34.6 Å². The third-order valence-corrected chi connectivity index (χ3v) is 8.18. The number of hydrogen-bond acceptors (Lipinski definition) is 6. The summed E-state index contributed by atoms with van der Waals surface area (Å²) in [6.45, 7) is 4.91. The molecule has 0 spiro atoms. The number of fused-ring (bicyclic) bond motifs is 1. The van der Waals surface area contributed by atoms with Crippen LogP contribution in [0.3, 0.4) is 0 Å². The molecule has 224 valence electrons. The van der Waals surface area contributed by atoms with Crippen molar-refractivity contribution in [3.05, 3.63) is 87.9 Å². The molecule has 3 aromatic rings. The van der Waals surface area contributed by atoms with Crippen molar-refractivity contribution in [2.24, 2.45) is 0 Å². The lowest BCUT2D eigenvalue weighted by atomic mass is 10.0. The number of halogens is 2. The summed E-state index contributed by atoms with van der Waals surface area (Å²) in [5.41, 5.74) is 0.995. The van der Waals surface area contributed by atoms with E-state index in [1.165, 1.54) is 17.0 Å². The topological polar surface area (TPSA) is 105 Å². The number of hydrogen-bond donors (Lipinski definition) is 1. The fraction of sp³-hybridized carbons (Fsp3) is 0.333. The Morgan fingerprint density at radius 2 is 1.67 bits per heavy atom. The van der Waals surface area contributed by atoms with Gasteiger partial charge in [-0.3, -0.25) is 13.9 Å². The number of carbonyl (C=O) groups is 2. The van der Waals surface area contributed by atoms with E-state index in [-0.39, 0.29) is 25.4 Å². The maximum absolute atomic E-state index is 14.2. The van der Waals surface area contributed by atoms with Gasteiger partial charge in [-0.25, -0.2) is 8.42 Å². The molecule has 0 unspecified atom stereocenters. The summed E-state index contributed by atoms with van der Waals surface area (Å²) < 4.78 is 37.7. The molecule has 12 heteroatoms. The molecule has 1 atom stereocenters. The van der Waals surface area contributed by atoms with Crippen LogP contribution >= 0.6 is 23.2 Å². The van der Waals surface area contributed by atoms with Crippen LogP contribution in [0.4, 0.5) is 5.69 Å². The van der Waals surface area contributed by atoms with Crippen LogP contribution in [-0.4, -0.2) is 56.3 Å². The van der Waals surface area contributed by atoms with Crippen molar-refractivity contribution in [1.29, 1.82) is 0 Å². The van der Waals surface area contributed by atoms with Crippen LogP contribution in [0.5, 0.6) is 11.5 Å². The van der Waals surface area contributed by atoms with Gasteiger partial charge >= 0.3 is 0 Å². The molecule has 1 N–H and O–H groups in total. The van der Waals surface area contributed by atoms with E-state index in [2.05, 4.69) is 5.32 Å². The van der Waals surface area contributed by atoms with Gasteiger partial charge in [0.2, 0.25) is 28.6 Å². The molecule has 1 aliphatic heterocycles. The lowest BCUT2D eigenvalue weighted by Crippen LogP contribution is -2.56. The normalized spacial score (nSPS) is 13.4. The molecule has 3 aromatic carbocycles. The van der Waals surface area contributed by atoms with Crippen molar-refractivity contribution in [1.82, 2.24) is 10.2 Å². The highest BCUT2D eigenvalue weighted by molar-refractivity contribution is 7.92. The molecule has 1 heterocycles. The van der Waals surface area contributed by atoms with E-state index < -0.39 is 40.0 Å². The zero-order valence-corrected chi connectivity index (χ0v) is 26.1. The first kappa shape index (κ1) is 31.5. The van der Waals surface area contributed by atoms with Crippen molar-refractivity contribution in [3.8, 4) is 11.5 Å². The standard InChI is InChI=1S/C30H33Cl2N3O6S/c1-30(2,3)33-29(37)25(14-20-8-6-5-7-9-20)34(17-21-10-11-22(31)15-24(21)32)28(36)18-35(42(4,38)39)23-12-13-26-27(16-23)41-19-40-26/h5-13,15-16,25H,14,17-19H2,1-4H3,(H,33,37)/t25-/m1/s1. The summed E-state index contributed by atoms with van der Waals surface area (Å²) in [4.78, 5) is 29.4. The zero-order valence-electron chi connectivity index (χ0n) is 23.8. The number of carbonyl (C=O) groups excluding carboxylic acids is 2. The van der Waals surface area contributed by atoms with Gasteiger partial charge in [0.1, 0.15) is 12.6 Å². The number of ether oxygens (including phenoxy) is 2. The summed E-state index contributed by atoms with van der Waals surface area (Å²) in [6.07, 6.45) is 1.20. The summed E-state index contributed by atoms with van der Waals surface area (Å²) in [5, 5.41) is 3.71. The molecule has 0 aliphatic carbocycles. The van der Waals surface area contributed by atoms with E-state index in [1.807, 2.05) is 51.1 Å². The number of amides is 2. The van der Waals surface area contributed by atoms with E-state index in [4.69, 9.17) is 32.7 Å². The predicted molar refractivity (Wildman–Crippen MR) is 164 cm³/mol. The van der Waals surface area contributed by atoms with Crippen LogP contribution in [0.2, 0.25) is 10.0 Å².